The van der Waals surface area contributed by atoms with Gasteiger partial charge in [-0.25, -0.2) is 4.98 Å². The fraction of sp³-hybridized carbons (Fsp3) is 0.368. The zero-order chi connectivity index (χ0) is 19.8. The highest BCUT2D eigenvalue weighted by atomic mass is 32.2. The van der Waals surface area contributed by atoms with Crippen LogP contribution in [-0.2, 0) is 25.6 Å². The highest BCUT2D eigenvalue weighted by molar-refractivity contribution is 7.99. The van der Waals surface area contributed by atoms with Gasteiger partial charge in [-0.3, -0.25) is 9.36 Å². The van der Waals surface area contributed by atoms with Gasteiger partial charge < -0.3 is 4.74 Å². The van der Waals surface area contributed by atoms with Crippen LogP contribution in [0.4, 0.5) is 8.78 Å². The minimum atomic E-state index is -2.49. The molecule has 0 bridgehead atoms. The van der Waals surface area contributed by atoms with Crippen LogP contribution in [-0.4, -0.2) is 22.4 Å². The van der Waals surface area contributed by atoms with Crippen LogP contribution < -0.4 is 10.3 Å². The lowest BCUT2D eigenvalue weighted by molar-refractivity contribution is 0.251. The van der Waals surface area contributed by atoms with E-state index in [-0.39, 0.29) is 5.56 Å². The molecule has 4 rings (SSSR count). The number of thioether (sulfide) groups is 2. The number of rotatable bonds is 6. The summed E-state index contributed by atoms with van der Waals surface area (Å²) in [6.07, 6.45) is 3.10. The molecule has 0 saturated carbocycles. The number of halogens is 2. The Bertz CT molecular complexity index is 1090. The smallest absolute Gasteiger partial charge is 0.289 e. The maximum absolute atomic E-state index is 12.9. The number of aryl methyl sites for hydroxylation is 2. The van der Waals surface area contributed by atoms with Crippen molar-refractivity contribution in [2.75, 3.05) is 7.11 Å². The second-order valence-corrected chi connectivity index (χ2v) is 9.51. The zero-order valence-electron chi connectivity index (χ0n) is 15.3. The predicted molar refractivity (Wildman–Crippen MR) is 111 cm³/mol. The van der Waals surface area contributed by atoms with E-state index in [9.17, 15) is 13.6 Å². The highest BCUT2D eigenvalue weighted by Crippen LogP contribution is 2.37. The molecule has 0 spiro atoms. The molecule has 2 aromatic heterocycles. The summed E-state index contributed by atoms with van der Waals surface area (Å²) in [5.74, 6) is -1.50. The minimum Gasteiger partial charge on any atom is -0.496 e. The zero-order valence-corrected chi connectivity index (χ0v) is 17.8. The summed E-state index contributed by atoms with van der Waals surface area (Å²) in [5, 5.41) is 1.43. The Balaban J connectivity index is 1.59. The number of aromatic nitrogens is 2. The Morgan fingerprint density at radius 1 is 1.36 bits per heavy atom. The number of methoxy groups -OCH3 is 1. The molecule has 0 saturated heterocycles. The van der Waals surface area contributed by atoms with Crippen LogP contribution in [0.3, 0.4) is 0 Å². The van der Waals surface area contributed by atoms with Gasteiger partial charge in [0.25, 0.3) is 11.3 Å². The molecule has 0 atom stereocenters. The molecule has 2 heterocycles. The van der Waals surface area contributed by atoms with E-state index >= 15 is 0 Å². The van der Waals surface area contributed by atoms with E-state index < -0.39 is 5.76 Å². The maximum Gasteiger partial charge on any atom is 0.289 e. The fourth-order valence-electron chi connectivity index (χ4n) is 3.38. The quantitative estimate of drug-likeness (QED) is 0.394. The molecule has 1 aliphatic carbocycles. The molecule has 3 aromatic rings. The van der Waals surface area contributed by atoms with Crippen molar-refractivity contribution in [3.63, 3.8) is 0 Å². The van der Waals surface area contributed by atoms with Crippen LogP contribution in [0.15, 0.2) is 33.0 Å². The van der Waals surface area contributed by atoms with Crippen molar-refractivity contribution in [2.24, 2.45) is 7.05 Å². The lowest BCUT2D eigenvalue weighted by atomic mass is 10.2. The number of nitrogens with zero attached hydrogens (tertiary/aromatic N) is 2. The van der Waals surface area contributed by atoms with E-state index in [1.54, 1.807) is 41.2 Å². The van der Waals surface area contributed by atoms with E-state index in [0.717, 1.165) is 35.0 Å². The number of ether oxygens (including phenoxy) is 1. The second kappa shape index (κ2) is 8.04. The summed E-state index contributed by atoms with van der Waals surface area (Å²) in [6, 6.07) is 5.20. The number of benzene rings is 1. The van der Waals surface area contributed by atoms with Gasteiger partial charge in [0.05, 0.1) is 17.4 Å². The standard InChI is InChI=1S/C19H18F2N2O2S3/c1-23-17(24)15-11-4-3-5-13(11)27-16(15)22-19(23)26-9-10-6-7-14(28-18(20)21)12(8-10)25-2/h6-8,18H,3-5,9H2,1-2H3. The van der Waals surface area contributed by atoms with Gasteiger partial charge in [0, 0.05) is 17.7 Å². The first kappa shape index (κ1) is 19.7. The molecule has 0 amide bonds. The summed E-state index contributed by atoms with van der Waals surface area (Å²) >= 11 is 3.55. The van der Waals surface area contributed by atoms with Crippen molar-refractivity contribution < 1.29 is 13.5 Å². The third-order valence-electron chi connectivity index (χ3n) is 4.72. The predicted octanol–water partition coefficient (Wildman–Crippen LogP) is 5.10. The maximum atomic E-state index is 12.9. The molecule has 0 aliphatic heterocycles. The van der Waals surface area contributed by atoms with Crippen molar-refractivity contribution in [1.82, 2.24) is 9.55 Å². The molecule has 0 fully saturated rings. The van der Waals surface area contributed by atoms with Crippen molar-refractivity contribution >= 4 is 45.1 Å². The normalized spacial score (nSPS) is 13.5. The van der Waals surface area contributed by atoms with E-state index in [4.69, 9.17) is 9.72 Å². The van der Waals surface area contributed by atoms with Crippen LogP contribution in [0, 0.1) is 0 Å². The lowest BCUT2D eigenvalue weighted by Crippen LogP contribution is -2.20. The van der Waals surface area contributed by atoms with Crippen molar-refractivity contribution in [2.45, 2.75) is 40.8 Å². The number of thiophene rings is 1. The Morgan fingerprint density at radius 2 is 2.18 bits per heavy atom. The Labute approximate surface area is 173 Å². The van der Waals surface area contributed by atoms with E-state index in [1.807, 2.05) is 0 Å². The van der Waals surface area contributed by atoms with Crippen molar-refractivity contribution in [3.8, 4) is 5.75 Å². The molecule has 1 aliphatic rings. The first-order valence-corrected chi connectivity index (χ1v) is 11.4. The summed E-state index contributed by atoms with van der Waals surface area (Å²) < 4.78 is 32.1. The Hall–Kier alpha value is -1.58. The molecule has 0 radical (unpaired) electrons. The molecule has 1 aromatic carbocycles. The van der Waals surface area contributed by atoms with E-state index in [2.05, 4.69) is 0 Å². The van der Waals surface area contributed by atoms with Gasteiger partial charge in [0.1, 0.15) is 10.6 Å². The van der Waals surface area contributed by atoms with Gasteiger partial charge in [-0.05, 0) is 42.5 Å². The van der Waals surface area contributed by atoms with Gasteiger partial charge in [-0.15, -0.1) is 11.3 Å². The molecule has 0 unspecified atom stereocenters. The third kappa shape index (κ3) is 3.67. The Kier molecular flexibility index (Phi) is 5.66. The number of hydrogen-bond donors (Lipinski definition) is 0. The second-order valence-electron chi connectivity index (χ2n) is 6.45. The average Bonchev–Trinajstić information content (AvgIpc) is 3.24. The monoisotopic (exact) mass is 440 g/mol. The molecule has 0 N–H and O–H groups in total. The average molecular weight is 441 g/mol. The van der Waals surface area contributed by atoms with Gasteiger partial charge in [0.2, 0.25) is 0 Å². The highest BCUT2D eigenvalue weighted by Gasteiger charge is 2.22. The largest absolute Gasteiger partial charge is 0.496 e. The SMILES string of the molecule is COc1cc(CSc2nc3sc4c(c3c(=O)n2C)CCC4)ccc1SC(F)F. The summed E-state index contributed by atoms with van der Waals surface area (Å²) in [6.45, 7) is 0. The fourth-order valence-corrected chi connectivity index (χ4v) is 6.19. The molecule has 148 valence electrons. The molecule has 28 heavy (non-hydrogen) atoms. The minimum absolute atomic E-state index is 0.00756. The van der Waals surface area contributed by atoms with Crippen LogP contribution in [0.2, 0.25) is 0 Å². The summed E-state index contributed by atoms with van der Waals surface area (Å²) in [4.78, 5) is 20.1. The van der Waals surface area contributed by atoms with E-state index in [0.29, 0.717) is 33.3 Å². The van der Waals surface area contributed by atoms with Gasteiger partial charge in [-0.1, -0.05) is 29.6 Å². The van der Waals surface area contributed by atoms with Crippen LogP contribution in [0.5, 0.6) is 5.75 Å². The van der Waals surface area contributed by atoms with Crippen molar-refractivity contribution in [3.05, 3.63) is 44.6 Å². The van der Waals surface area contributed by atoms with Gasteiger partial charge in [-0.2, -0.15) is 8.78 Å². The van der Waals surface area contributed by atoms with Crippen LogP contribution >= 0.6 is 34.9 Å². The molecular weight excluding hydrogens is 422 g/mol. The first-order valence-electron chi connectivity index (χ1n) is 8.73. The topological polar surface area (TPSA) is 44.1 Å². The number of hydrogen-bond acceptors (Lipinski definition) is 6. The van der Waals surface area contributed by atoms with Gasteiger partial charge in [0.15, 0.2) is 5.16 Å². The number of fused-ring (bicyclic) bond motifs is 3. The number of alkyl halides is 2. The summed E-state index contributed by atoms with van der Waals surface area (Å²) in [5.41, 5.74) is 2.11. The molecule has 4 nitrogen and oxygen atoms in total. The van der Waals surface area contributed by atoms with Gasteiger partial charge >= 0.3 is 0 Å². The van der Waals surface area contributed by atoms with Crippen LogP contribution in [0.25, 0.3) is 10.2 Å². The summed E-state index contributed by atoms with van der Waals surface area (Å²) in [7, 11) is 3.22. The molecular formula is C19H18F2N2O2S3. The van der Waals surface area contributed by atoms with E-state index in [1.165, 1.54) is 29.3 Å². The Morgan fingerprint density at radius 3 is 2.93 bits per heavy atom. The lowest BCUT2D eigenvalue weighted by Gasteiger charge is -2.11. The van der Waals surface area contributed by atoms with Crippen molar-refractivity contribution in [1.29, 1.82) is 0 Å². The molecule has 9 heteroatoms. The first-order chi connectivity index (χ1) is 13.5. The third-order valence-corrected chi connectivity index (χ3v) is 7.77. The van der Waals surface area contributed by atoms with Crippen LogP contribution in [0.1, 0.15) is 22.4 Å².